The van der Waals surface area contributed by atoms with Crippen molar-refractivity contribution in [2.75, 3.05) is 12.0 Å². The van der Waals surface area contributed by atoms with Crippen LogP contribution in [0.3, 0.4) is 0 Å². The monoisotopic (exact) mass is 315 g/mol. The average Bonchev–Trinajstić information content (AvgIpc) is 2.58. The molecule has 22 heavy (non-hydrogen) atoms. The molecule has 0 saturated heterocycles. The molecule has 0 saturated carbocycles. The molecule has 2 aromatic carbocycles. The highest BCUT2D eigenvalue weighted by molar-refractivity contribution is 7.98. The highest BCUT2D eigenvalue weighted by atomic mass is 32.2. The Bertz CT molecular complexity index is 535. The van der Waals surface area contributed by atoms with Crippen molar-refractivity contribution in [3.63, 3.8) is 0 Å². The predicted molar refractivity (Wildman–Crippen MR) is 91.8 cm³/mol. The van der Waals surface area contributed by atoms with E-state index >= 15 is 0 Å². The quantitative estimate of drug-likeness (QED) is 0.796. The van der Waals surface area contributed by atoms with Crippen molar-refractivity contribution in [2.24, 2.45) is 5.73 Å². The first kappa shape index (κ1) is 16.6. The first-order valence-corrected chi connectivity index (χ1v) is 8.66. The van der Waals surface area contributed by atoms with E-state index in [9.17, 15) is 4.79 Å². The Balaban J connectivity index is 2.17. The Morgan fingerprint density at radius 2 is 1.55 bits per heavy atom. The van der Waals surface area contributed by atoms with Gasteiger partial charge in [0.1, 0.15) is 6.04 Å². The number of thioether (sulfide) groups is 1. The van der Waals surface area contributed by atoms with Gasteiger partial charge in [0.05, 0.1) is 0 Å². The third-order valence-corrected chi connectivity index (χ3v) is 4.02. The van der Waals surface area contributed by atoms with Gasteiger partial charge in [-0.2, -0.15) is 11.8 Å². The Morgan fingerprint density at radius 3 is 2.00 bits per heavy atom. The molecule has 1 atom stereocenters. The first-order chi connectivity index (χ1) is 10.7. The van der Waals surface area contributed by atoms with E-state index in [1.807, 2.05) is 66.9 Å². The van der Waals surface area contributed by atoms with Crippen molar-refractivity contribution in [3.8, 4) is 0 Å². The molecule has 0 amide bonds. The predicted octanol–water partition coefficient (Wildman–Crippen LogP) is 3.40. The van der Waals surface area contributed by atoms with Crippen LogP contribution in [0.1, 0.15) is 23.7 Å². The highest BCUT2D eigenvalue weighted by Crippen LogP contribution is 2.26. The number of carbonyl (C=O) groups excluding carboxylic acids is 1. The van der Waals surface area contributed by atoms with Crippen LogP contribution in [-0.2, 0) is 9.53 Å². The summed E-state index contributed by atoms with van der Waals surface area (Å²) in [6.45, 7) is 0. The van der Waals surface area contributed by atoms with E-state index < -0.39 is 12.1 Å². The van der Waals surface area contributed by atoms with Crippen LogP contribution in [-0.4, -0.2) is 24.0 Å². The molecule has 3 nitrogen and oxygen atoms in total. The van der Waals surface area contributed by atoms with Gasteiger partial charge in [0.25, 0.3) is 0 Å². The van der Waals surface area contributed by atoms with Crippen molar-refractivity contribution >= 4 is 17.7 Å². The number of esters is 1. The second kappa shape index (κ2) is 8.61. The van der Waals surface area contributed by atoms with Crippen molar-refractivity contribution in [2.45, 2.75) is 18.6 Å². The van der Waals surface area contributed by atoms with Gasteiger partial charge in [-0.3, -0.25) is 4.79 Å². The maximum absolute atomic E-state index is 12.2. The lowest BCUT2D eigenvalue weighted by molar-refractivity contribution is -0.149. The number of ether oxygens (including phenoxy) is 1. The number of carbonyl (C=O) groups is 1. The summed E-state index contributed by atoms with van der Waals surface area (Å²) in [6, 6.07) is 18.9. The van der Waals surface area contributed by atoms with Crippen LogP contribution in [0.2, 0.25) is 0 Å². The van der Waals surface area contributed by atoms with Crippen LogP contribution in [0.25, 0.3) is 0 Å². The van der Waals surface area contributed by atoms with E-state index in [2.05, 4.69) is 0 Å². The third-order valence-electron chi connectivity index (χ3n) is 3.37. The minimum atomic E-state index is -0.581. The molecule has 2 aromatic rings. The summed E-state index contributed by atoms with van der Waals surface area (Å²) >= 11 is 1.67. The Kier molecular flexibility index (Phi) is 6.49. The molecule has 0 aliphatic heterocycles. The van der Waals surface area contributed by atoms with Gasteiger partial charge in [-0.05, 0) is 29.6 Å². The average molecular weight is 315 g/mol. The molecule has 0 bridgehead atoms. The summed E-state index contributed by atoms with van der Waals surface area (Å²) in [5, 5.41) is 0. The summed E-state index contributed by atoms with van der Waals surface area (Å²) in [6.07, 6.45) is 2.20. The van der Waals surface area contributed by atoms with Gasteiger partial charge in [0.2, 0.25) is 0 Å². The van der Waals surface area contributed by atoms with Crippen molar-refractivity contribution in [1.82, 2.24) is 0 Å². The molecule has 4 heteroatoms. The minimum absolute atomic E-state index is 0.355. The minimum Gasteiger partial charge on any atom is -0.451 e. The summed E-state index contributed by atoms with van der Waals surface area (Å²) in [7, 11) is 0. The normalized spacial score (nSPS) is 12.1. The second-order valence-electron chi connectivity index (χ2n) is 5.03. The fraction of sp³-hybridized carbons (Fsp3) is 0.278. The van der Waals surface area contributed by atoms with E-state index in [0.29, 0.717) is 6.42 Å². The third kappa shape index (κ3) is 4.61. The van der Waals surface area contributed by atoms with E-state index in [1.54, 1.807) is 11.8 Å². The maximum Gasteiger partial charge on any atom is 0.323 e. The SMILES string of the molecule is CSCC[C@H](N)C(=O)OC(c1ccccc1)c1ccccc1. The van der Waals surface area contributed by atoms with Crippen LogP contribution in [0, 0.1) is 0 Å². The largest absolute Gasteiger partial charge is 0.451 e. The molecule has 0 aliphatic carbocycles. The zero-order valence-corrected chi connectivity index (χ0v) is 13.5. The molecule has 2 N–H and O–H groups in total. The summed E-state index contributed by atoms with van der Waals surface area (Å²) in [4.78, 5) is 12.2. The summed E-state index contributed by atoms with van der Waals surface area (Å²) < 4.78 is 5.71. The summed E-state index contributed by atoms with van der Waals surface area (Å²) in [5.74, 6) is 0.490. The van der Waals surface area contributed by atoms with Crippen molar-refractivity contribution in [3.05, 3.63) is 71.8 Å². The fourth-order valence-corrected chi connectivity index (χ4v) is 2.64. The zero-order valence-electron chi connectivity index (χ0n) is 12.6. The Morgan fingerprint density at radius 1 is 1.05 bits per heavy atom. The first-order valence-electron chi connectivity index (χ1n) is 7.27. The van der Waals surface area contributed by atoms with Crippen LogP contribution in [0.15, 0.2) is 60.7 Å². The van der Waals surface area contributed by atoms with E-state index in [0.717, 1.165) is 16.9 Å². The van der Waals surface area contributed by atoms with Gasteiger partial charge in [-0.15, -0.1) is 0 Å². The highest BCUT2D eigenvalue weighted by Gasteiger charge is 2.22. The van der Waals surface area contributed by atoms with E-state index in [-0.39, 0.29) is 5.97 Å². The molecule has 0 heterocycles. The van der Waals surface area contributed by atoms with E-state index in [1.165, 1.54) is 0 Å². The number of benzene rings is 2. The Hall–Kier alpha value is -1.78. The van der Waals surface area contributed by atoms with Gasteiger partial charge in [-0.1, -0.05) is 60.7 Å². The Labute approximate surface area is 135 Å². The number of rotatable bonds is 7. The number of hydrogen-bond acceptors (Lipinski definition) is 4. The molecule has 0 radical (unpaired) electrons. The second-order valence-corrected chi connectivity index (χ2v) is 6.01. The van der Waals surface area contributed by atoms with Crippen molar-refractivity contribution < 1.29 is 9.53 Å². The van der Waals surface area contributed by atoms with E-state index in [4.69, 9.17) is 10.5 Å². The maximum atomic E-state index is 12.2. The van der Waals surface area contributed by atoms with Gasteiger partial charge in [0, 0.05) is 0 Å². The smallest absolute Gasteiger partial charge is 0.323 e. The lowest BCUT2D eigenvalue weighted by atomic mass is 10.0. The zero-order chi connectivity index (χ0) is 15.8. The molecule has 0 fully saturated rings. The molecule has 0 spiro atoms. The molecule has 0 aliphatic rings. The molecule has 2 rings (SSSR count). The lowest BCUT2D eigenvalue weighted by Crippen LogP contribution is -2.34. The van der Waals surface area contributed by atoms with Crippen LogP contribution >= 0.6 is 11.8 Å². The number of hydrogen-bond donors (Lipinski definition) is 1. The summed E-state index contributed by atoms with van der Waals surface area (Å²) in [5.41, 5.74) is 7.81. The fourth-order valence-electron chi connectivity index (χ4n) is 2.15. The van der Waals surface area contributed by atoms with Gasteiger partial charge < -0.3 is 10.5 Å². The molecule has 0 aromatic heterocycles. The molecular formula is C18H21NO2S. The molecular weight excluding hydrogens is 294 g/mol. The van der Waals surface area contributed by atoms with Gasteiger partial charge >= 0.3 is 5.97 Å². The van der Waals surface area contributed by atoms with Gasteiger partial charge in [0.15, 0.2) is 6.10 Å². The van der Waals surface area contributed by atoms with Crippen LogP contribution in [0.4, 0.5) is 0 Å². The van der Waals surface area contributed by atoms with Crippen LogP contribution < -0.4 is 5.73 Å². The number of nitrogens with two attached hydrogens (primary N) is 1. The standard InChI is InChI=1S/C18H21NO2S/c1-22-13-12-16(19)18(20)21-17(14-8-4-2-5-9-14)15-10-6-3-7-11-15/h2-11,16-17H,12-13,19H2,1H3/t16-/m0/s1. The molecule has 116 valence electrons. The van der Waals surface area contributed by atoms with Crippen molar-refractivity contribution in [1.29, 1.82) is 0 Å². The topological polar surface area (TPSA) is 52.3 Å². The van der Waals surface area contributed by atoms with Crippen LogP contribution in [0.5, 0.6) is 0 Å². The lowest BCUT2D eigenvalue weighted by Gasteiger charge is -2.21. The van der Waals surface area contributed by atoms with Gasteiger partial charge in [-0.25, -0.2) is 0 Å². The molecule has 0 unspecified atom stereocenters.